The molecule has 2 fully saturated rings. The molecule has 38 heavy (non-hydrogen) atoms. The van der Waals surface area contributed by atoms with E-state index in [1.165, 1.54) is 19.4 Å². The lowest BCUT2D eigenvalue weighted by Gasteiger charge is -2.30. The number of carbonyl (C=O) groups excluding carboxylic acids is 4. The van der Waals surface area contributed by atoms with Crippen LogP contribution in [0.1, 0.15) is 72.4 Å². The number of benzene rings is 1. The maximum atomic E-state index is 12.4. The highest BCUT2D eigenvalue weighted by molar-refractivity contribution is 5.94. The average Bonchev–Trinajstić information content (AvgIpc) is 3.25. The first-order valence-corrected chi connectivity index (χ1v) is 12.7. The quantitative estimate of drug-likeness (QED) is 0.309. The molecule has 2 aliphatic rings. The summed E-state index contributed by atoms with van der Waals surface area (Å²) in [6.07, 6.45) is -5.16. The number of hydrogen-bond donors (Lipinski definition) is 0. The predicted octanol–water partition coefficient (Wildman–Crippen LogP) is 3.16. The summed E-state index contributed by atoms with van der Waals surface area (Å²) in [5.74, 6) is -3.25. The van der Waals surface area contributed by atoms with Gasteiger partial charge >= 0.3 is 11.9 Å². The van der Waals surface area contributed by atoms with Gasteiger partial charge in [-0.15, -0.1) is 0 Å². The fourth-order valence-electron chi connectivity index (χ4n) is 4.33. The van der Waals surface area contributed by atoms with Crippen LogP contribution in [0, 0.1) is 0 Å². The third kappa shape index (κ3) is 8.17. The fourth-order valence-corrected chi connectivity index (χ4v) is 4.33. The van der Waals surface area contributed by atoms with Crippen LogP contribution in [0.2, 0.25) is 0 Å². The second-order valence-corrected chi connectivity index (χ2v) is 11.3. The van der Waals surface area contributed by atoms with Gasteiger partial charge in [0.15, 0.2) is 18.2 Å². The lowest BCUT2D eigenvalue weighted by atomic mass is 9.87. The Morgan fingerprint density at radius 1 is 0.947 bits per heavy atom. The zero-order chi connectivity index (χ0) is 28.3. The van der Waals surface area contributed by atoms with Crippen LogP contribution in [0.5, 0.6) is 0 Å². The Kier molecular flexibility index (Phi) is 9.46. The molecule has 5 atom stereocenters. The van der Waals surface area contributed by atoms with Gasteiger partial charge in [-0.3, -0.25) is 19.2 Å². The average molecular weight is 535 g/mol. The standard InChI is InChI=1S/C28H38O10/c1-16(29)12-21(31)33-15-20(35-22(32)13-17(2)30)23-24(25-26(36-23)38-28(6,7)37-25)34-14-18-8-10-19(11-9-18)27(3,4)5/h8-11,20,23-26H,12-15H2,1-7H3/t20-,23-,24+,25-,26-/m1/s1. The van der Waals surface area contributed by atoms with Gasteiger partial charge in [-0.05, 0) is 44.2 Å². The molecule has 0 aliphatic carbocycles. The number of rotatable bonds is 11. The zero-order valence-corrected chi connectivity index (χ0v) is 23.1. The van der Waals surface area contributed by atoms with Gasteiger partial charge in [0.1, 0.15) is 49.3 Å². The van der Waals surface area contributed by atoms with Gasteiger partial charge in [-0.1, -0.05) is 45.0 Å². The molecule has 0 saturated carbocycles. The predicted molar refractivity (Wildman–Crippen MR) is 134 cm³/mol. The van der Waals surface area contributed by atoms with E-state index in [4.69, 9.17) is 28.4 Å². The molecule has 0 radical (unpaired) electrons. The van der Waals surface area contributed by atoms with E-state index >= 15 is 0 Å². The van der Waals surface area contributed by atoms with Crippen molar-refractivity contribution in [2.75, 3.05) is 6.61 Å². The van der Waals surface area contributed by atoms with Gasteiger partial charge in [0.2, 0.25) is 0 Å². The number of carbonyl (C=O) groups is 4. The molecule has 10 heteroatoms. The minimum Gasteiger partial charge on any atom is -0.461 e. The maximum Gasteiger partial charge on any atom is 0.313 e. The van der Waals surface area contributed by atoms with E-state index < -0.39 is 67.9 Å². The molecule has 2 aliphatic heterocycles. The van der Waals surface area contributed by atoms with E-state index in [-0.39, 0.29) is 23.6 Å². The highest BCUT2D eigenvalue weighted by Gasteiger charge is 2.58. The summed E-state index contributed by atoms with van der Waals surface area (Å²) >= 11 is 0. The van der Waals surface area contributed by atoms with Crippen LogP contribution in [-0.2, 0) is 59.6 Å². The molecule has 210 valence electrons. The van der Waals surface area contributed by atoms with Crippen molar-refractivity contribution in [1.82, 2.24) is 0 Å². The van der Waals surface area contributed by atoms with Crippen molar-refractivity contribution >= 4 is 23.5 Å². The van der Waals surface area contributed by atoms with Crippen molar-refractivity contribution in [3.8, 4) is 0 Å². The molecular formula is C28H38O10. The van der Waals surface area contributed by atoms with Gasteiger partial charge in [0, 0.05) is 0 Å². The van der Waals surface area contributed by atoms with Gasteiger partial charge in [0.25, 0.3) is 0 Å². The van der Waals surface area contributed by atoms with Crippen LogP contribution in [0.25, 0.3) is 0 Å². The maximum absolute atomic E-state index is 12.4. The molecule has 2 heterocycles. The molecule has 0 aromatic heterocycles. The molecule has 1 aromatic rings. The third-order valence-corrected chi connectivity index (χ3v) is 6.13. The molecule has 0 unspecified atom stereocenters. The molecule has 0 amide bonds. The summed E-state index contributed by atoms with van der Waals surface area (Å²) < 4.78 is 35.0. The lowest BCUT2D eigenvalue weighted by Crippen LogP contribution is -2.46. The Bertz CT molecular complexity index is 1020. The Hall–Kier alpha value is -2.66. The van der Waals surface area contributed by atoms with Crippen LogP contribution in [0.15, 0.2) is 24.3 Å². The number of Topliss-reactive ketones (excluding diaryl/α,β-unsaturated/α-hetero) is 2. The largest absolute Gasteiger partial charge is 0.461 e. The summed E-state index contributed by atoms with van der Waals surface area (Å²) in [6.45, 7) is 12.2. The SMILES string of the molecule is CC(=O)CC(=O)OC[C@@H](OC(=O)CC(C)=O)[C@H]1O[C@@H]2OC(C)(C)O[C@@H]2[C@H]1OCc1ccc(C(C)(C)C)cc1. The smallest absolute Gasteiger partial charge is 0.313 e. The van der Waals surface area contributed by atoms with E-state index in [9.17, 15) is 19.2 Å². The zero-order valence-electron chi connectivity index (χ0n) is 23.1. The van der Waals surface area contributed by atoms with Crippen molar-refractivity contribution in [1.29, 1.82) is 0 Å². The van der Waals surface area contributed by atoms with Crippen molar-refractivity contribution in [2.24, 2.45) is 0 Å². The summed E-state index contributed by atoms with van der Waals surface area (Å²) in [7, 11) is 0. The van der Waals surface area contributed by atoms with Crippen molar-refractivity contribution in [2.45, 2.75) is 110 Å². The van der Waals surface area contributed by atoms with Crippen LogP contribution >= 0.6 is 0 Å². The minimum atomic E-state index is -1.13. The van der Waals surface area contributed by atoms with E-state index in [0.29, 0.717) is 0 Å². The first kappa shape index (κ1) is 29.9. The second kappa shape index (κ2) is 12.0. The molecule has 0 spiro atoms. The number of fused-ring (bicyclic) bond motifs is 1. The van der Waals surface area contributed by atoms with Crippen LogP contribution < -0.4 is 0 Å². The molecule has 10 nitrogen and oxygen atoms in total. The number of ketones is 2. The Morgan fingerprint density at radius 3 is 2.13 bits per heavy atom. The van der Waals surface area contributed by atoms with Gasteiger partial charge in [0.05, 0.1) is 6.61 Å². The summed E-state index contributed by atoms with van der Waals surface area (Å²) in [6, 6.07) is 8.05. The van der Waals surface area contributed by atoms with Crippen LogP contribution in [0.3, 0.4) is 0 Å². The topological polar surface area (TPSA) is 124 Å². The Balaban J connectivity index is 1.80. The monoisotopic (exact) mass is 534 g/mol. The Labute approximate surface area is 223 Å². The first-order valence-electron chi connectivity index (χ1n) is 12.7. The molecule has 0 N–H and O–H groups in total. The second-order valence-electron chi connectivity index (χ2n) is 11.3. The summed E-state index contributed by atoms with van der Waals surface area (Å²) in [5.41, 5.74) is 2.10. The van der Waals surface area contributed by atoms with Gasteiger partial charge in [-0.2, -0.15) is 0 Å². The molecule has 2 saturated heterocycles. The van der Waals surface area contributed by atoms with Crippen molar-refractivity contribution < 1.29 is 47.6 Å². The number of esters is 2. The highest BCUT2D eigenvalue weighted by Crippen LogP contribution is 2.40. The van der Waals surface area contributed by atoms with E-state index in [0.717, 1.165) is 5.56 Å². The van der Waals surface area contributed by atoms with Crippen molar-refractivity contribution in [3.63, 3.8) is 0 Å². The normalized spacial score (nSPS) is 24.9. The Morgan fingerprint density at radius 2 is 1.55 bits per heavy atom. The first-order chi connectivity index (χ1) is 17.6. The third-order valence-electron chi connectivity index (χ3n) is 6.13. The number of ether oxygens (including phenoxy) is 6. The lowest BCUT2D eigenvalue weighted by molar-refractivity contribution is -0.236. The van der Waals surface area contributed by atoms with E-state index in [2.05, 4.69) is 20.8 Å². The fraction of sp³-hybridized carbons (Fsp3) is 0.643. The van der Waals surface area contributed by atoms with Crippen LogP contribution in [-0.4, -0.2) is 66.6 Å². The van der Waals surface area contributed by atoms with E-state index in [1.54, 1.807) is 13.8 Å². The molecule has 1 aromatic carbocycles. The minimum absolute atomic E-state index is 0.00833. The van der Waals surface area contributed by atoms with Crippen LogP contribution in [0.4, 0.5) is 0 Å². The van der Waals surface area contributed by atoms with Gasteiger partial charge in [-0.25, -0.2) is 0 Å². The van der Waals surface area contributed by atoms with Crippen molar-refractivity contribution in [3.05, 3.63) is 35.4 Å². The summed E-state index contributed by atoms with van der Waals surface area (Å²) in [4.78, 5) is 47.2. The highest BCUT2D eigenvalue weighted by atomic mass is 16.8. The molecule has 3 rings (SSSR count). The molecular weight excluding hydrogens is 496 g/mol. The summed E-state index contributed by atoms with van der Waals surface area (Å²) in [5, 5.41) is 0. The molecule has 0 bridgehead atoms. The van der Waals surface area contributed by atoms with Gasteiger partial charge < -0.3 is 28.4 Å². The van der Waals surface area contributed by atoms with E-state index in [1.807, 2.05) is 24.3 Å². The number of hydrogen-bond acceptors (Lipinski definition) is 10.